The molecule has 0 spiro atoms. The van der Waals surface area contributed by atoms with Crippen LogP contribution < -0.4 is 0 Å². The minimum Gasteiger partial charge on any atom is -0.322 e. The molecule has 0 aliphatic heterocycles. The van der Waals surface area contributed by atoms with Gasteiger partial charge in [0.2, 0.25) is 0 Å². The molecule has 3 heteroatoms. The normalized spacial score (nSPS) is 12.7. The van der Waals surface area contributed by atoms with Gasteiger partial charge in [0.25, 0.3) is 0 Å². The highest BCUT2D eigenvalue weighted by Crippen LogP contribution is 2.29. The van der Waals surface area contributed by atoms with Gasteiger partial charge in [-0.15, -0.1) is 0 Å². The minimum absolute atomic E-state index is 0.00291. The number of hydrogen-bond donors (Lipinski definition) is 0. The first-order chi connectivity index (χ1) is 27.0. The molecule has 0 aromatic heterocycles. The topological polar surface area (TPSA) is 34.1 Å². The van der Waals surface area contributed by atoms with Crippen molar-refractivity contribution in [3.63, 3.8) is 0 Å². The molecule has 0 unspecified atom stereocenters. The Balaban J connectivity index is 1.36. The van der Waals surface area contributed by atoms with Gasteiger partial charge in [0, 0.05) is 27.8 Å². The van der Waals surface area contributed by atoms with Crippen LogP contribution >= 0.6 is 0 Å². The highest BCUT2D eigenvalue weighted by molar-refractivity contribution is 6.28. The van der Waals surface area contributed by atoms with E-state index in [1.807, 2.05) is 24.3 Å². The van der Waals surface area contributed by atoms with Crippen molar-refractivity contribution in [1.82, 2.24) is 0 Å². The van der Waals surface area contributed by atoms with E-state index in [1.54, 1.807) is 12.1 Å². The molecule has 2 aromatic rings. The highest BCUT2D eigenvalue weighted by atomic mass is 16.1. The predicted octanol–water partition coefficient (Wildman–Crippen LogP) is 15.9. The average molecular weight is 757 g/mol. The van der Waals surface area contributed by atoms with Crippen molar-refractivity contribution in [2.45, 2.75) is 226 Å². The highest BCUT2D eigenvalue weighted by Gasteiger charge is 2.30. The van der Waals surface area contributed by atoms with Crippen molar-refractivity contribution >= 4 is 11.6 Å². The zero-order chi connectivity index (χ0) is 39.2. The number of rotatable bonds is 36. The molecule has 0 saturated carbocycles. The molecule has 0 heterocycles. The largest absolute Gasteiger partial charge is 0.322 e. The van der Waals surface area contributed by atoms with Crippen LogP contribution in [-0.2, 0) is 6.54 Å². The number of ketones is 2. The van der Waals surface area contributed by atoms with Crippen LogP contribution in [0.15, 0.2) is 42.5 Å². The molecule has 0 N–H and O–H groups in total. The fraction of sp³-hybridized carbons (Fsp3) is 0.731. The lowest BCUT2D eigenvalue weighted by Gasteiger charge is -2.35. The zero-order valence-electron chi connectivity index (χ0n) is 36.6. The Morgan fingerprint density at radius 2 is 0.655 bits per heavy atom. The number of quaternary nitrogens is 1. The number of benzene rings is 2. The molecule has 1 aliphatic carbocycles. The Kier molecular flexibility index (Phi) is 25.6. The summed E-state index contributed by atoms with van der Waals surface area (Å²) >= 11 is 0. The molecule has 0 atom stereocenters. The molecule has 3 rings (SSSR count). The summed E-state index contributed by atoms with van der Waals surface area (Å²) in [5.41, 5.74) is 3.45. The third-order valence-electron chi connectivity index (χ3n) is 12.7. The standard InChI is InChI=1S/C52H86NO2/c1-4-6-8-10-12-14-16-18-20-22-24-26-28-30-32-36-42-53(3,43-37-33-31-29-27-25-23-21-19-17-15-13-11-9-7-5-2)45-46-40-41-49-50(44-46)52(55)48-39-35-34-38-47(48)51(49)54/h34-35,38-41,44H,4-33,36-37,42-43,45H2,1-3H3/q+1. The SMILES string of the molecule is CCCCCCCCCCCCCCCCCC[N+](C)(CCCCCCCCCCCCCCCCCC)Cc1ccc2c(c1)C(=O)c1ccccc1C2=O. The van der Waals surface area contributed by atoms with Crippen LogP contribution in [0.4, 0.5) is 0 Å². The number of fused-ring (bicyclic) bond motifs is 2. The summed E-state index contributed by atoms with van der Waals surface area (Å²) in [5, 5.41) is 0. The molecule has 0 amide bonds. The summed E-state index contributed by atoms with van der Waals surface area (Å²) in [6, 6.07) is 13.4. The van der Waals surface area contributed by atoms with Gasteiger partial charge >= 0.3 is 0 Å². The van der Waals surface area contributed by atoms with Crippen LogP contribution in [0.3, 0.4) is 0 Å². The maximum Gasteiger partial charge on any atom is 0.194 e. The second-order valence-corrected chi connectivity index (χ2v) is 17.9. The van der Waals surface area contributed by atoms with Crippen molar-refractivity contribution in [2.24, 2.45) is 0 Å². The van der Waals surface area contributed by atoms with Gasteiger partial charge in [-0.1, -0.05) is 224 Å². The Hall–Kier alpha value is -2.26. The Bertz CT molecular complexity index is 1260. The quantitative estimate of drug-likeness (QED) is 0.0437. The van der Waals surface area contributed by atoms with E-state index in [4.69, 9.17) is 0 Å². The Morgan fingerprint density at radius 1 is 0.364 bits per heavy atom. The van der Waals surface area contributed by atoms with Gasteiger partial charge in [0.15, 0.2) is 11.6 Å². The summed E-state index contributed by atoms with van der Waals surface area (Å²) in [6.45, 7) is 7.89. The van der Waals surface area contributed by atoms with Crippen molar-refractivity contribution in [3.05, 3.63) is 70.3 Å². The van der Waals surface area contributed by atoms with Gasteiger partial charge < -0.3 is 4.48 Å². The summed E-state index contributed by atoms with van der Waals surface area (Å²) in [6.07, 6.45) is 44.8. The molecule has 0 radical (unpaired) electrons. The van der Waals surface area contributed by atoms with Crippen LogP contribution in [0.5, 0.6) is 0 Å². The Labute approximate surface area is 340 Å². The molecule has 1 aliphatic rings. The second kappa shape index (κ2) is 29.9. The first-order valence-corrected chi connectivity index (χ1v) is 24.1. The van der Waals surface area contributed by atoms with E-state index >= 15 is 0 Å². The summed E-state index contributed by atoms with van der Waals surface area (Å²) in [5.74, 6) is -0.0211. The fourth-order valence-electron chi connectivity index (χ4n) is 9.04. The van der Waals surface area contributed by atoms with Crippen molar-refractivity contribution in [2.75, 3.05) is 20.1 Å². The summed E-state index contributed by atoms with van der Waals surface area (Å²) < 4.78 is 1.02. The van der Waals surface area contributed by atoms with Gasteiger partial charge in [-0.25, -0.2) is 0 Å². The molecular formula is C52H86NO2+. The van der Waals surface area contributed by atoms with E-state index in [1.165, 1.54) is 224 Å². The molecule has 2 aromatic carbocycles. The van der Waals surface area contributed by atoms with Gasteiger partial charge in [0.1, 0.15) is 6.54 Å². The van der Waals surface area contributed by atoms with Gasteiger partial charge in [-0.2, -0.15) is 0 Å². The number of carbonyl (C=O) groups is 2. The van der Waals surface area contributed by atoms with Crippen molar-refractivity contribution < 1.29 is 14.1 Å². The molecule has 0 bridgehead atoms. The number of unbranched alkanes of at least 4 members (excludes halogenated alkanes) is 30. The fourth-order valence-corrected chi connectivity index (χ4v) is 9.04. The maximum absolute atomic E-state index is 13.5. The Morgan fingerprint density at radius 3 is 1.00 bits per heavy atom. The molecule has 55 heavy (non-hydrogen) atoms. The van der Waals surface area contributed by atoms with Crippen molar-refractivity contribution in [3.8, 4) is 0 Å². The van der Waals surface area contributed by atoms with Crippen LogP contribution in [-0.4, -0.2) is 36.2 Å². The third-order valence-corrected chi connectivity index (χ3v) is 12.7. The lowest BCUT2D eigenvalue weighted by molar-refractivity contribution is -0.923. The minimum atomic E-state index is -0.0182. The van der Waals surface area contributed by atoms with E-state index in [9.17, 15) is 9.59 Å². The van der Waals surface area contributed by atoms with Gasteiger partial charge in [-0.05, 0) is 37.8 Å². The van der Waals surface area contributed by atoms with Crippen molar-refractivity contribution in [1.29, 1.82) is 0 Å². The van der Waals surface area contributed by atoms with E-state index < -0.39 is 0 Å². The predicted molar refractivity (Wildman–Crippen MR) is 238 cm³/mol. The first kappa shape index (κ1) is 47.1. The zero-order valence-corrected chi connectivity index (χ0v) is 36.6. The van der Waals surface area contributed by atoms with E-state index in [2.05, 4.69) is 27.0 Å². The molecule has 0 fully saturated rings. The lowest BCUT2D eigenvalue weighted by atomic mass is 9.83. The van der Waals surface area contributed by atoms with Crippen LogP contribution in [0.25, 0.3) is 0 Å². The van der Waals surface area contributed by atoms with Gasteiger partial charge in [0.05, 0.1) is 20.1 Å². The lowest BCUT2D eigenvalue weighted by Crippen LogP contribution is -2.44. The van der Waals surface area contributed by atoms with Crippen LogP contribution in [0.2, 0.25) is 0 Å². The molecule has 310 valence electrons. The maximum atomic E-state index is 13.5. The number of hydrogen-bond acceptors (Lipinski definition) is 2. The smallest absolute Gasteiger partial charge is 0.194 e. The first-order valence-electron chi connectivity index (χ1n) is 24.1. The number of carbonyl (C=O) groups excluding carboxylic acids is 2. The second-order valence-electron chi connectivity index (χ2n) is 17.9. The molecule has 0 saturated heterocycles. The van der Waals surface area contributed by atoms with E-state index in [-0.39, 0.29) is 11.6 Å². The number of nitrogens with zero attached hydrogens (tertiary/aromatic N) is 1. The molecular weight excluding hydrogens is 671 g/mol. The third kappa shape index (κ3) is 19.6. The average Bonchev–Trinajstić information content (AvgIpc) is 3.19. The van der Waals surface area contributed by atoms with E-state index in [0.29, 0.717) is 22.3 Å². The summed E-state index contributed by atoms with van der Waals surface area (Å²) in [7, 11) is 2.44. The molecule has 3 nitrogen and oxygen atoms in total. The van der Waals surface area contributed by atoms with E-state index in [0.717, 1.165) is 11.0 Å². The summed E-state index contributed by atoms with van der Waals surface area (Å²) in [4.78, 5) is 26.7. The van der Waals surface area contributed by atoms with Crippen LogP contribution in [0.1, 0.15) is 257 Å². The van der Waals surface area contributed by atoms with Crippen LogP contribution in [0, 0.1) is 0 Å². The monoisotopic (exact) mass is 757 g/mol. The van der Waals surface area contributed by atoms with Gasteiger partial charge in [-0.3, -0.25) is 9.59 Å².